The third kappa shape index (κ3) is 1.80. The van der Waals surface area contributed by atoms with Crippen LogP contribution in [0, 0.1) is 0 Å². The number of fused-ring (bicyclic) bond motifs is 1. The number of aliphatic hydroxyl groups excluding tert-OH is 1. The molecule has 2 N–H and O–H groups in total. The van der Waals surface area contributed by atoms with E-state index in [0.29, 0.717) is 0 Å². The van der Waals surface area contributed by atoms with Gasteiger partial charge in [0.25, 0.3) is 0 Å². The quantitative estimate of drug-likeness (QED) is 0.764. The smallest absolute Gasteiger partial charge is 0.0515 e. The van der Waals surface area contributed by atoms with Crippen LogP contribution in [0.5, 0.6) is 0 Å². The Hall–Kier alpha value is -1.28. The lowest BCUT2D eigenvalue weighted by atomic mass is 10.1. The molecule has 74 valence electrons. The Balaban J connectivity index is 2.27. The van der Waals surface area contributed by atoms with Crippen molar-refractivity contribution in [1.29, 1.82) is 0 Å². The van der Waals surface area contributed by atoms with Crippen LogP contribution in [0.25, 0.3) is 10.9 Å². The van der Waals surface area contributed by atoms with Crippen molar-refractivity contribution in [2.45, 2.75) is 25.9 Å². The average Bonchev–Trinajstić information content (AvgIpc) is 2.62. The number of aromatic amines is 1. The summed E-state index contributed by atoms with van der Waals surface area (Å²) in [6, 6.07) is 8.34. The van der Waals surface area contributed by atoms with Crippen molar-refractivity contribution < 1.29 is 5.11 Å². The molecule has 0 unspecified atom stereocenters. The Labute approximate surface area is 83.6 Å². The summed E-state index contributed by atoms with van der Waals surface area (Å²) in [6.07, 6.45) is 3.48. The third-order valence-corrected chi connectivity index (χ3v) is 2.50. The molecule has 2 aromatic rings. The van der Waals surface area contributed by atoms with Crippen LogP contribution in [0.4, 0.5) is 0 Å². The van der Waals surface area contributed by atoms with E-state index in [-0.39, 0.29) is 6.10 Å². The molecule has 1 aromatic carbocycles. The number of aliphatic hydroxyl groups is 1. The zero-order chi connectivity index (χ0) is 9.97. The normalized spacial score (nSPS) is 13.3. The molecule has 0 fully saturated rings. The van der Waals surface area contributed by atoms with Crippen LogP contribution in [0.15, 0.2) is 30.5 Å². The monoisotopic (exact) mass is 189 g/mol. The van der Waals surface area contributed by atoms with E-state index < -0.39 is 0 Å². The summed E-state index contributed by atoms with van der Waals surface area (Å²) < 4.78 is 0. The van der Waals surface area contributed by atoms with Crippen LogP contribution in [-0.2, 0) is 6.42 Å². The molecule has 0 saturated carbocycles. The Morgan fingerprint density at radius 2 is 2.21 bits per heavy atom. The van der Waals surface area contributed by atoms with Gasteiger partial charge < -0.3 is 10.1 Å². The predicted octanol–water partition coefficient (Wildman–Crippen LogP) is 2.48. The number of rotatable bonds is 3. The molecular formula is C12H15NO. The van der Waals surface area contributed by atoms with E-state index in [2.05, 4.69) is 29.2 Å². The highest BCUT2D eigenvalue weighted by molar-refractivity contribution is 5.82. The number of H-pyrrole nitrogens is 1. The fraction of sp³-hybridized carbons (Fsp3) is 0.333. The summed E-state index contributed by atoms with van der Waals surface area (Å²) in [4.78, 5) is 3.23. The van der Waals surface area contributed by atoms with E-state index in [0.717, 1.165) is 12.8 Å². The van der Waals surface area contributed by atoms with Crippen molar-refractivity contribution >= 4 is 10.9 Å². The molecule has 0 amide bonds. The summed E-state index contributed by atoms with van der Waals surface area (Å²) in [7, 11) is 0. The molecule has 2 nitrogen and oxygen atoms in total. The second-order valence-corrected chi connectivity index (χ2v) is 3.75. The summed E-state index contributed by atoms with van der Waals surface area (Å²) in [6.45, 7) is 1.83. The molecule has 1 aromatic heterocycles. The van der Waals surface area contributed by atoms with E-state index in [1.807, 2.05) is 13.1 Å². The highest BCUT2D eigenvalue weighted by atomic mass is 16.3. The van der Waals surface area contributed by atoms with Crippen molar-refractivity contribution in [3.05, 3.63) is 36.0 Å². The van der Waals surface area contributed by atoms with Gasteiger partial charge in [-0.1, -0.05) is 18.2 Å². The summed E-state index contributed by atoms with van der Waals surface area (Å²) in [5.74, 6) is 0. The molecule has 0 saturated heterocycles. The number of hydrogen-bond acceptors (Lipinski definition) is 1. The molecule has 0 radical (unpaired) electrons. The molecule has 0 aliphatic carbocycles. The number of aromatic nitrogens is 1. The Kier molecular flexibility index (Phi) is 2.55. The van der Waals surface area contributed by atoms with Crippen molar-refractivity contribution in [3.63, 3.8) is 0 Å². The van der Waals surface area contributed by atoms with Crippen LogP contribution < -0.4 is 0 Å². The molecule has 0 spiro atoms. The van der Waals surface area contributed by atoms with Crippen LogP contribution >= 0.6 is 0 Å². The van der Waals surface area contributed by atoms with Crippen molar-refractivity contribution in [2.24, 2.45) is 0 Å². The number of aryl methyl sites for hydroxylation is 1. The van der Waals surface area contributed by atoms with Gasteiger partial charge in [-0.2, -0.15) is 0 Å². The van der Waals surface area contributed by atoms with Crippen LogP contribution in [0.3, 0.4) is 0 Å². The largest absolute Gasteiger partial charge is 0.393 e. The minimum Gasteiger partial charge on any atom is -0.393 e. The van der Waals surface area contributed by atoms with Gasteiger partial charge in [-0.3, -0.25) is 0 Å². The van der Waals surface area contributed by atoms with Gasteiger partial charge in [0.1, 0.15) is 0 Å². The molecule has 2 rings (SSSR count). The first-order valence-corrected chi connectivity index (χ1v) is 5.00. The Morgan fingerprint density at radius 3 is 3.00 bits per heavy atom. The molecule has 2 heteroatoms. The lowest BCUT2D eigenvalue weighted by Crippen LogP contribution is -2.01. The number of para-hydroxylation sites is 1. The van der Waals surface area contributed by atoms with Gasteiger partial charge in [-0.25, -0.2) is 0 Å². The van der Waals surface area contributed by atoms with E-state index in [9.17, 15) is 5.11 Å². The fourth-order valence-electron chi connectivity index (χ4n) is 1.72. The highest BCUT2D eigenvalue weighted by Crippen LogP contribution is 2.18. The molecule has 1 atom stereocenters. The molecule has 14 heavy (non-hydrogen) atoms. The zero-order valence-corrected chi connectivity index (χ0v) is 8.33. The van der Waals surface area contributed by atoms with Crippen LogP contribution in [0.1, 0.15) is 18.9 Å². The molecule has 0 aliphatic heterocycles. The van der Waals surface area contributed by atoms with Crippen molar-refractivity contribution in [1.82, 2.24) is 4.98 Å². The van der Waals surface area contributed by atoms with E-state index in [4.69, 9.17) is 0 Å². The maximum absolute atomic E-state index is 9.23. The average molecular weight is 189 g/mol. The van der Waals surface area contributed by atoms with Crippen LogP contribution in [0.2, 0.25) is 0 Å². The van der Waals surface area contributed by atoms with Gasteiger partial charge >= 0.3 is 0 Å². The van der Waals surface area contributed by atoms with Gasteiger partial charge in [0.2, 0.25) is 0 Å². The van der Waals surface area contributed by atoms with Gasteiger partial charge in [-0.05, 0) is 36.8 Å². The van der Waals surface area contributed by atoms with Gasteiger partial charge in [-0.15, -0.1) is 0 Å². The lowest BCUT2D eigenvalue weighted by Gasteiger charge is -2.05. The highest BCUT2D eigenvalue weighted by Gasteiger charge is 2.03. The maximum Gasteiger partial charge on any atom is 0.0515 e. The van der Waals surface area contributed by atoms with Gasteiger partial charge in [0, 0.05) is 11.7 Å². The number of nitrogens with one attached hydrogen (secondary N) is 1. The first-order valence-electron chi connectivity index (χ1n) is 5.00. The molecule has 0 bridgehead atoms. The first kappa shape index (κ1) is 9.28. The summed E-state index contributed by atoms with van der Waals surface area (Å²) in [5.41, 5.74) is 2.49. The topological polar surface area (TPSA) is 36.0 Å². The van der Waals surface area contributed by atoms with E-state index >= 15 is 0 Å². The van der Waals surface area contributed by atoms with E-state index in [1.165, 1.54) is 16.5 Å². The van der Waals surface area contributed by atoms with Gasteiger partial charge in [0.05, 0.1) is 6.10 Å². The second kappa shape index (κ2) is 3.84. The SMILES string of the molecule is C[C@@H](O)CCc1cccc2cc[nH]c12. The fourth-order valence-corrected chi connectivity index (χ4v) is 1.72. The third-order valence-electron chi connectivity index (χ3n) is 2.50. The number of benzene rings is 1. The standard InChI is InChI=1S/C12H15NO/c1-9(14)5-6-10-3-2-4-11-7-8-13-12(10)11/h2-4,7-9,13-14H,5-6H2,1H3/t9-/m1/s1. The molecule has 0 aliphatic rings. The van der Waals surface area contributed by atoms with Gasteiger partial charge in [0.15, 0.2) is 0 Å². The van der Waals surface area contributed by atoms with Crippen molar-refractivity contribution in [3.8, 4) is 0 Å². The predicted molar refractivity (Wildman–Crippen MR) is 58.3 cm³/mol. The second-order valence-electron chi connectivity index (χ2n) is 3.75. The number of hydrogen-bond donors (Lipinski definition) is 2. The Bertz CT molecular complexity index is 417. The van der Waals surface area contributed by atoms with Crippen molar-refractivity contribution in [2.75, 3.05) is 0 Å². The maximum atomic E-state index is 9.23. The summed E-state index contributed by atoms with van der Waals surface area (Å²) in [5, 5.41) is 10.5. The lowest BCUT2D eigenvalue weighted by molar-refractivity contribution is 0.185. The van der Waals surface area contributed by atoms with E-state index in [1.54, 1.807) is 0 Å². The first-order chi connectivity index (χ1) is 6.77. The zero-order valence-electron chi connectivity index (χ0n) is 8.33. The summed E-state index contributed by atoms with van der Waals surface area (Å²) >= 11 is 0. The Morgan fingerprint density at radius 1 is 1.36 bits per heavy atom. The molecule has 1 heterocycles. The minimum atomic E-state index is -0.222. The molecular weight excluding hydrogens is 174 g/mol. The minimum absolute atomic E-state index is 0.222. The van der Waals surface area contributed by atoms with Crippen LogP contribution in [-0.4, -0.2) is 16.2 Å².